The molecule has 4 aromatic heterocycles. The standard InChI is InChI=1S/C17H17N5S/c1-10-8-19-21(4)16(10)13-7-15-14(9-18-13)20-17(23-15)22-11(2)5-6-12(22)3/h5-9H,1-4H3/i1D3. The van der Waals surface area contributed by atoms with Gasteiger partial charge in [-0.1, -0.05) is 11.3 Å². The van der Waals surface area contributed by atoms with Crippen LogP contribution in [0.1, 0.15) is 21.1 Å². The highest BCUT2D eigenvalue weighted by molar-refractivity contribution is 7.20. The maximum Gasteiger partial charge on any atom is 0.195 e. The molecule has 0 saturated carbocycles. The average Bonchev–Trinajstić information content (AvgIpc) is 3.22. The normalized spacial score (nSPS) is 14.0. The largest absolute Gasteiger partial charge is 0.295 e. The van der Waals surface area contributed by atoms with Crippen LogP contribution in [0.5, 0.6) is 0 Å². The molecule has 0 aliphatic carbocycles. The Bertz CT molecular complexity index is 1100. The summed E-state index contributed by atoms with van der Waals surface area (Å²) in [4.78, 5) is 9.13. The number of pyridine rings is 1. The Balaban J connectivity index is 1.87. The van der Waals surface area contributed by atoms with Gasteiger partial charge in [-0.3, -0.25) is 14.2 Å². The van der Waals surface area contributed by atoms with Gasteiger partial charge < -0.3 is 0 Å². The van der Waals surface area contributed by atoms with E-state index in [1.807, 2.05) is 19.9 Å². The van der Waals surface area contributed by atoms with Crippen LogP contribution in [0.2, 0.25) is 0 Å². The van der Waals surface area contributed by atoms with E-state index in [-0.39, 0.29) is 5.56 Å². The van der Waals surface area contributed by atoms with Gasteiger partial charge in [-0.2, -0.15) is 5.10 Å². The van der Waals surface area contributed by atoms with Gasteiger partial charge in [0.2, 0.25) is 0 Å². The molecule has 0 amide bonds. The summed E-state index contributed by atoms with van der Waals surface area (Å²) in [5, 5.41) is 4.98. The fraction of sp³-hybridized carbons (Fsp3) is 0.235. The molecule has 0 bridgehead atoms. The molecule has 0 aliphatic heterocycles. The highest BCUT2D eigenvalue weighted by atomic mass is 32.1. The Morgan fingerprint density at radius 1 is 1.17 bits per heavy atom. The SMILES string of the molecule is [2H]C([2H])([2H])c1cnn(C)c1-c1cc2sc(-n3c(C)ccc3C)nc2cn1. The van der Waals surface area contributed by atoms with E-state index in [4.69, 9.17) is 4.11 Å². The summed E-state index contributed by atoms with van der Waals surface area (Å²) < 4.78 is 27.8. The molecule has 4 heterocycles. The molecule has 0 unspecified atom stereocenters. The lowest BCUT2D eigenvalue weighted by molar-refractivity contribution is 0.773. The van der Waals surface area contributed by atoms with Crippen molar-refractivity contribution in [2.24, 2.45) is 7.05 Å². The number of aryl methyl sites for hydroxylation is 4. The minimum absolute atomic E-state index is 0.202. The zero-order valence-corrected chi connectivity index (χ0v) is 13.8. The predicted molar refractivity (Wildman–Crippen MR) is 93.2 cm³/mol. The van der Waals surface area contributed by atoms with Crippen molar-refractivity contribution in [2.75, 3.05) is 0 Å². The van der Waals surface area contributed by atoms with Crippen molar-refractivity contribution >= 4 is 21.6 Å². The minimum atomic E-state index is -2.24. The zero-order chi connectivity index (χ0) is 18.6. The summed E-state index contributed by atoms with van der Waals surface area (Å²) in [6.07, 6.45) is 3.08. The Labute approximate surface area is 142 Å². The number of rotatable bonds is 2. The summed E-state index contributed by atoms with van der Waals surface area (Å²) in [6.45, 7) is 1.85. The van der Waals surface area contributed by atoms with Crippen molar-refractivity contribution in [3.8, 4) is 16.5 Å². The molecule has 116 valence electrons. The van der Waals surface area contributed by atoms with E-state index in [2.05, 4.69) is 31.8 Å². The second-order valence-electron chi connectivity index (χ2n) is 5.52. The first kappa shape index (κ1) is 11.1. The van der Waals surface area contributed by atoms with E-state index in [1.54, 1.807) is 29.3 Å². The van der Waals surface area contributed by atoms with Crippen LogP contribution in [0, 0.1) is 20.7 Å². The monoisotopic (exact) mass is 326 g/mol. The summed E-state index contributed by atoms with van der Waals surface area (Å²) >= 11 is 1.56. The van der Waals surface area contributed by atoms with Gasteiger partial charge >= 0.3 is 0 Å². The van der Waals surface area contributed by atoms with Gasteiger partial charge in [0.25, 0.3) is 0 Å². The fourth-order valence-electron chi connectivity index (χ4n) is 2.76. The van der Waals surface area contributed by atoms with E-state index in [0.717, 1.165) is 26.7 Å². The van der Waals surface area contributed by atoms with Crippen LogP contribution in [0.15, 0.2) is 30.6 Å². The molecule has 23 heavy (non-hydrogen) atoms. The van der Waals surface area contributed by atoms with Crippen molar-refractivity contribution < 1.29 is 4.11 Å². The topological polar surface area (TPSA) is 48.5 Å². The number of aromatic nitrogens is 5. The van der Waals surface area contributed by atoms with Crippen LogP contribution < -0.4 is 0 Å². The van der Waals surface area contributed by atoms with E-state index in [0.29, 0.717) is 11.4 Å². The number of hydrogen-bond acceptors (Lipinski definition) is 4. The van der Waals surface area contributed by atoms with Gasteiger partial charge in [-0.05, 0) is 44.5 Å². The molecular formula is C17H17N5S. The molecule has 4 aromatic rings. The molecule has 6 heteroatoms. The van der Waals surface area contributed by atoms with Crippen molar-refractivity contribution in [2.45, 2.75) is 20.7 Å². The molecule has 0 saturated heterocycles. The number of fused-ring (bicyclic) bond motifs is 1. The second kappa shape index (κ2) is 5.03. The van der Waals surface area contributed by atoms with Crippen molar-refractivity contribution in [3.63, 3.8) is 0 Å². The lowest BCUT2D eigenvalue weighted by atomic mass is 10.2. The van der Waals surface area contributed by atoms with E-state index < -0.39 is 6.85 Å². The molecular weight excluding hydrogens is 306 g/mol. The third-order valence-corrected chi connectivity index (χ3v) is 4.91. The molecule has 4 rings (SSSR count). The summed E-state index contributed by atoms with van der Waals surface area (Å²) in [5.41, 5.74) is 4.32. The smallest absolute Gasteiger partial charge is 0.195 e. The Morgan fingerprint density at radius 3 is 2.70 bits per heavy atom. The van der Waals surface area contributed by atoms with Crippen molar-refractivity contribution in [3.05, 3.63) is 47.5 Å². The van der Waals surface area contributed by atoms with Crippen molar-refractivity contribution in [1.29, 1.82) is 0 Å². The fourth-order valence-corrected chi connectivity index (χ4v) is 3.85. The average molecular weight is 326 g/mol. The lowest BCUT2D eigenvalue weighted by Gasteiger charge is -2.03. The molecule has 0 fully saturated rings. The summed E-state index contributed by atoms with van der Waals surface area (Å²) in [5.74, 6) is 0. The maximum absolute atomic E-state index is 7.72. The number of thiazole rings is 1. The third-order valence-electron chi connectivity index (χ3n) is 3.91. The molecule has 0 N–H and O–H groups in total. The van der Waals surface area contributed by atoms with Crippen LogP contribution in [0.4, 0.5) is 0 Å². The quantitative estimate of drug-likeness (QED) is 0.563. The first-order valence-electron chi connectivity index (χ1n) is 8.70. The van der Waals surface area contributed by atoms with Gasteiger partial charge in [0, 0.05) is 22.5 Å². The highest BCUT2D eigenvalue weighted by Gasteiger charge is 2.14. The molecule has 0 atom stereocenters. The van der Waals surface area contributed by atoms with Crippen LogP contribution in [0.3, 0.4) is 0 Å². The summed E-state index contributed by atoms with van der Waals surface area (Å²) in [6, 6.07) is 6.00. The zero-order valence-electron chi connectivity index (χ0n) is 16.0. The van der Waals surface area contributed by atoms with Gasteiger partial charge in [0.15, 0.2) is 5.13 Å². The van der Waals surface area contributed by atoms with Crippen LogP contribution in [-0.2, 0) is 7.05 Å². The Morgan fingerprint density at radius 2 is 1.96 bits per heavy atom. The Kier molecular flexibility index (Phi) is 2.43. The van der Waals surface area contributed by atoms with Crippen LogP contribution in [0.25, 0.3) is 26.7 Å². The third kappa shape index (κ3) is 2.17. The van der Waals surface area contributed by atoms with Gasteiger partial charge in [-0.15, -0.1) is 0 Å². The number of hydrogen-bond donors (Lipinski definition) is 0. The first-order chi connectivity index (χ1) is 12.3. The van der Waals surface area contributed by atoms with E-state index in [1.165, 1.54) is 6.20 Å². The van der Waals surface area contributed by atoms with Crippen LogP contribution >= 0.6 is 11.3 Å². The number of nitrogens with zero attached hydrogens (tertiary/aromatic N) is 5. The maximum atomic E-state index is 7.72. The molecule has 5 nitrogen and oxygen atoms in total. The van der Waals surface area contributed by atoms with Gasteiger partial charge in [0.05, 0.1) is 28.5 Å². The molecule has 0 aliphatic rings. The lowest BCUT2D eigenvalue weighted by Crippen LogP contribution is -1.97. The highest BCUT2D eigenvalue weighted by Crippen LogP contribution is 2.30. The van der Waals surface area contributed by atoms with E-state index >= 15 is 0 Å². The van der Waals surface area contributed by atoms with Crippen LogP contribution in [-0.4, -0.2) is 24.3 Å². The van der Waals surface area contributed by atoms with Gasteiger partial charge in [-0.25, -0.2) is 4.98 Å². The Hall–Kier alpha value is -2.47. The predicted octanol–water partition coefficient (Wildman–Crippen LogP) is 3.81. The summed E-state index contributed by atoms with van der Waals surface area (Å²) in [7, 11) is 1.72. The minimum Gasteiger partial charge on any atom is -0.295 e. The molecule has 0 spiro atoms. The van der Waals surface area contributed by atoms with Crippen molar-refractivity contribution in [1.82, 2.24) is 24.3 Å². The molecule has 0 radical (unpaired) electrons. The van der Waals surface area contributed by atoms with Gasteiger partial charge in [0.1, 0.15) is 5.52 Å². The van der Waals surface area contributed by atoms with E-state index in [9.17, 15) is 0 Å². The first-order valence-corrected chi connectivity index (χ1v) is 8.02. The molecule has 0 aromatic carbocycles. The second-order valence-corrected chi connectivity index (χ2v) is 6.52.